The molecule has 0 aromatic rings. The van der Waals surface area contributed by atoms with Crippen molar-refractivity contribution >= 4 is 5.91 Å². The van der Waals surface area contributed by atoms with E-state index >= 15 is 0 Å². The summed E-state index contributed by atoms with van der Waals surface area (Å²) < 4.78 is 0. The molecule has 0 heterocycles. The van der Waals surface area contributed by atoms with Gasteiger partial charge in [0.1, 0.15) is 0 Å². The number of hydrogen-bond acceptors (Lipinski definition) is 2. The minimum absolute atomic E-state index is 0.106. The molecule has 0 bridgehead atoms. The molecule has 3 heteroatoms. The molecule has 1 aliphatic rings. The summed E-state index contributed by atoms with van der Waals surface area (Å²) in [7, 11) is 0. The Morgan fingerprint density at radius 2 is 1.80 bits per heavy atom. The molecule has 3 unspecified atom stereocenters. The third-order valence-corrected chi connectivity index (χ3v) is 4.88. The molecule has 3 atom stereocenters. The van der Waals surface area contributed by atoms with Gasteiger partial charge in [0.2, 0.25) is 5.91 Å². The van der Waals surface area contributed by atoms with Crippen LogP contribution in [0.1, 0.15) is 73.6 Å². The van der Waals surface area contributed by atoms with Crippen molar-refractivity contribution in [2.24, 2.45) is 11.8 Å². The molecular formula is C17H34N2O. The van der Waals surface area contributed by atoms with E-state index in [9.17, 15) is 4.79 Å². The van der Waals surface area contributed by atoms with Gasteiger partial charge in [-0.2, -0.15) is 0 Å². The summed E-state index contributed by atoms with van der Waals surface area (Å²) in [6.45, 7) is 12.9. The fourth-order valence-corrected chi connectivity index (χ4v) is 3.09. The first-order chi connectivity index (χ1) is 9.26. The Balaban J connectivity index is 2.55. The van der Waals surface area contributed by atoms with Crippen molar-refractivity contribution in [1.82, 2.24) is 10.6 Å². The zero-order valence-corrected chi connectivity index (χ0v) is 14.3. The maximum atomic E-state index is 12.3. The Bertz CT molecular complexity index is 312. The minimum Gasteiger partial charge on any atom is -0.350 e. The van der Waals surface area contributed by atoms with Crippen molar-refractivity contribution in [3.63, 3.8) is 0 Å². The van der Waals surface area contributed by atoms with Crippen LogP contribution >= 0.6 is 0 Å². The predicted molar refractivity (Wildman–Crippen MR) is 85.7 cm³/mol. The van der Waals surface area contributed by atoms with E-state index in [1.54, 1.807) is 0 Å². The SMILES string of the molecule is CCC(C)(C)NC(=O)C(C)NC1CCCCC1C(C)C. The highest BCUT2D eigenvalue weighted by molar-refractivity contribution is 5.82. The molecular weight excluding hydrogens is 248 g/mol. The average molecular weight is 282 g/mol. The van der Waals surface area contributed by atoms with E-state index in [-0.39, 0.29) is 17.5 Å². The summed E-state index contributed by atoms with van der Waals surface area (Å²) in [4.78, 5) is 12.3. The molecule has 1 saturated carbocycles. The van der Waals surface area contributed by atoms with E-state index < -0.39 is 0 Å². The van der Waals surface area contributed by atoms with Gasteiger partial charge in [-0.15, -0.1) is 0 Å². The Kier molecular flexibility index (Phi) is 6.50. The summed E-state index contributed by atoms with van der Waals surface area (Å²) in [5.74, 6) is 1.53. The van der Waals surface area contributed by atoms with Crippen molar-refractivity contribution in [2.75, 3.05) is 0 Å². The molecule has 1 rings (SSSR count). The zero-order chi connectivity index (χ0) is 15.3. The van der Waals surface area contributed by atoms with Crippen LogP contribution in [0, 0.1) is 11.8 Å². The van der Waals surface area contributed by atoms with Crippen LogP contribution in [-0.2, 0) is 4.79 Å². The monoisotopic (exact) mass is 282 g/mol. The maximum absolute atomic E-state index is 12.3. The Morgan fingerprint density at radius 3 is 2.35 bits per heavy atom. The van der Waals surface area contributed by atoms with E-state index in [1.807, 2.05) is 6.92 Å². The lowest BCUT2D eigenvalue weighted by Gasteiger charge is -2.37. The van der Waals surface area contributed by atoms with Gasteiger partial charge in [-0.3, -0.25) is 4.79 Å². The highest BCUT2D eigenvalue weighted by Crippen LogP contribution is 2.30. The van der Waals surface area contributed by atoms with Crippen LogP contribution in [0.15, 0.2) is 0 Å². The van der Waals surface area contributed by atoms with Gasteiger partial charge in [-0.25, -0.2) is 0 Å². The predicted octanol–water partition coefficient (Wildman–Crippen LogP) is 3.48. The topological polar surface area (TPSA) is 41.1 Å². The van der Waals surface area contributed by atoms with Gasteiger partial charge in [0.05, 0.1) is 6.04 Å². The summed E-state index contributed by atoms with van der Waals surface area (Å²) in [6, 6.07) is 0.388. The second kappa shape index (κ2) is 7.44. The van der Waals surface area contributed by atoms with Crippen LogP contribution in [0.25, 0.3) is 0 Å². The van der Waals surface area contributed by atoms with Gasteiger partial charge in [0.15, 0.2) is 0 Å². The molecule has 2 N–H and O–H groups in total. The van der Waals surface area contributed by atoms with E-state index in [1.165, 1.54) is 25.7 Å². The lowest BCUT2D eigenvalue weighted by Crippen LogP contribution is -2.54. The Morgan fingerprint density at radius 1 is 1.20 bits per heavy atom. The highest BCUT2D eigenvalue weighted by atomic mass is 16.2. The van der Waals surface area contributed by atoms with Crippen molar-refractivity contribution in [2.45, 2.75) is 91.3 Å². The van der Waals surface area contributed by atoms with Crippen LogP contribution < -0.4 is 10.6 Å². The smallest absolute Gasteiger partial charge is 0.237 e. The fraction of sp³-hybridized carbons (Fsp3) is 0.941. The largest absolute Gasteiger partial charge is 0.350 e. The summed E-state index contributed by atoms with van der Waals surface area (Å²) >= 11 is 0. The molecule has 3 nitrogen and oxygen atoms in total. The molecule has 1 aliphatic carbocycles. The Labute approximate surface area is 125 Å². The van der Waals surface area contributed by atoms with Gasteiger partial charge in [-0.05, 0) is 51.9 Å². The van der Waals surface area contributed by atoms with Gasteiger partial charge >= 0.3 is 0 Å². The molecule has 0 aromatic heterocycles. The summed E-state index contributed by atoms with van der Waals surface area (Å²) in [5, 5.41) is 6.72. The minimum atomic E-state index is -0.114. The lowest BCUT2D eigenvalue weighted by molar-refractivity contribution is -0.124. The van der Waals surface area contributed by atoms with Crippen LogP contribution in [0.4, 0.5) is 0 Å². The molecule has 0 saturated heterocycles. The van der Waals surface area contributed by atoms with Gasteiger partial charge in [0, 0.05) is 11.6 Å². The first kappa shape index (κ1) is 17.5. The van der Waals surface area contributed by atoms with Gasteiger partial charge in [0.25, 0.3) is 0 Å². The summed E-state index contributed by atoms with van der Waals surface area (Å²) in [5.41, 5.74) is -0.114. The second-order valence-electron chi connectivity index (χ2n) is 7.41. The second-order valence-corrected chi connectivity index (χ2v) is 7.41. The van der Waals surface area contributed by atoms with Crippen molar-refractivity contribution in [3.05, 3.63) is 0 Å². The third kappa shape index (κ3) is 5.08. The molecule has 0 radical (unpaired) electrons. The van der Waals surface area contributed by atoms with Gasteiger partial charge < -0.3 is 10.6 Å². The lowest BCUT2D eigenvalue weighted by atomic mass is 9.77. The molecule has 0 aliphatic heterocycles. The van der Waals surface area contributed by atoms with Crippen LogP contribution in [0.5, 0.6) is 0 Å². The normalized spacial score (nSPS) is 25.6. The van der Waals surface area contributed by atoms with Crippen LogP contribution in [0.3, 0.4) is 0 Å². The van der Waals surface area contributed by atoms with Crippen LogP contribution in [0.2, 0.25) is 0 Å². The van der Waals surface area contributed by atoms with Crippen molar-refractivity contribution in [1.29, 1.82) is 0 Å². The average Bonchev–Trinajstić information content (AvgIpc) is 2.38. The summed E-state index contributed by atoms with van der Waals surface area (Å²) in [6.07, 6.45) is 6.07. The molecule has 118 valence electrons. The standard InChI is InChI=1S/C17H34N2O/c1-7-17(5,6)19-16(20)13(4)18-15-11-9-8-10-14(15)12(2)3/h12-15,18H,7-11H2,1-6H3,(H,19,20). The first-order valence-corrected chi connectivity index (χ1v) is 8.35. The van der Waals surface area contributed by atoms with E-state index in [0.717, 1.165) is 6.42 Å². The molecule has 0 aromatic carbocycles. The molecule has 1 amide bonds. The fourth-order valence-electron chi connectivity index (χ4n) is 3.09. The number of nitrogens with one attached hydrogen (secondary N) is 2. The quantitative estimate of drug-likeness (QED) is 0.783. The van der Waals surface area contributed by atoms with Crippen LogP contribution in [-0.4, -0.2) is 23.5 Å². The number of carbonyl (C=O) groups excluding carboxylic acids is 1. The van der Waals surface area contributed by atoms with E-state index in [2.05, 4.69) is 45.3 Å². The number of hydrogen-bond donors (Lipinski definition) is 2. The molecule has 1 fully saturated rings. The first-order valence-electron chi connectivity index (χ1n) is 8.35. The van der Waals surface area contributed by atoms with Crippen molar-refractivity contribution in [3.8, 4) is 0 Å². The van der Waals surface area contributed by atoms with Crippen molar-refractivity contribution < 1.29 is 4.79 Å². The number of carbonyl (C=O) groups is 1. The molecule has 0 spiro atoms. The number of amides is 1. The van der Waals surface area contributed by atoms with Gasteiger partial charge in [-0.1, -0.05) is 33.6 Å². The molecule has 20 heavy (non-hydrogen) atoms. The maximum Gasteiger partial charge on any atom is 0.237 e. The number of rotatable bonds is 6. The zero-order valence-electron chi connectivity index (χ0n) is 14.3. The van der Waals surface area contributed by atoms with E-state index in [4.69, 9.17) is 0 Å². The third-order valence-electron chi connectivity index (χ3n) is 4.88. The van der Waals surface area contributed by atoms with E-state index in [0.29, 0.717) is 17.9 Å². The highest BCUT2D eigenvalue weighted by Gasteiger charge is 2.30. The Hall–Kier alpha value is -0.570.